The summed E-state index contributed by atoms with van der Waals surface area (Å²) in [6.07, 6.45) is 8.97. The van der Waals surface area contributed by atoms with Gasteiger partial charge in [-0.2, -0.15) is 0 Å². The molecule has 22 heavy (non-hydrogen) atoms. The topological polar surface area (TPSA) is 29.1 Å². The highest BCUT2D eigenvalue weighted by atomic mass is 127. The van der Waals surface area contributed by atoms with Crippen molar-refractivity contribution in [3.8, 4) is 0 Å². The van der Waals surface area contributed by atoms with Crippen molar-refractivity contribution >= 4 is 34.2 Å². The van der Waals surface area contributed by atoms with Gasteiger partial charge in [0.25, 0.3) is 0 Å². The van der Waals surface area contributed by atoms with Gasteiger partial charge in [-0.3, -0.25) is 4.79 Å². The molecule has 0 atom stereocenters. The van der Waals surface area contributed by atoms with E-state index < -0.39 is 0 Å². The van der Waals surface area contributed by atoms with Gasteiger partial charge in [-0.25, -0.2) is 0 Å². The average Bonchev–Trinajstić information content (AvgIpc) is 2.39. The number of nitrogens with one attached hydrogen (secondary N) is 1. The lowest BCUT2D eigenvalue weighted by molar-refractivity contribution is -0.124. The second kappa shape index (κ2) is 5.50. The van der Waals surface area contributed by atoms with Crippen molar-refractivity contribution in [3.05, 3.63) is 27.3 Å². The molecule has 118 valence electrons. The Kier molecular flexibility index (Phi) is 3.74. The van der Waals surface area contributed by atoms with E-state index in [9.17, 15) is 4.79 Å². The van der Waals surface area contributed by atoms with Crippen molar-refractivity contribution in [1.82, 2.24) is 0 Å². The van der Waals surface area contributed by atoms with E-state index in [1.807, 2.05) is 6.07 Å². The highest BCUT2D eigenvalue weighted by molar-refractivity contribution is 14.1. The Morgan fingerprint density at radius 1 is 1.18 bits per heavy atom. The molecule has 4 bridgehead atoms. The summed E-state index contributed by atoms with van der Waals surface area (Å²) in [5.74, 6) is 2.98. The van der Waals surface area contributed by atoms with Crippen molar-refractivity contribution in [3.63, 3.8) is 0 Å². The molecule has 1 aromatic carbocycles. The first-order chi connectivity index (χ1) is 10.5. The smallest absolute Gasteiger partial charge is 0.224 e. The summed E-state index contributed by atoms with van der Waals surface area (Å²) in [4.78, 5) is 12.6. The number of hydrogen-bond donors (Lipinski definition) is 1. The maximum atomic E-state index is 12.6. The first-order valence-electron chi connectivity index (χ1n) is 8.57. The maximum absolute atomic E-state index is 12.6. The minimum absolute atomic E-state index is 0.228. The second-order valence-electron chi connectivity index (χ2n) is 8.10. The Bertz CT molecular complexity index is 574. The molecule has 1 N–H and O–H groups in total. The van der Waals surface area contributed by atoms with E-state index >= 15 is 0 Å². The van der Waals surface area contributed by atoms with Crippen molar-refractivity contribution in [2.45, 2.75) is 51.9 Å². The van der Waals surface area contributed by atoms with Gasteiger partial charge in [0.05, 0.1) is 0 Å². The average molecular weight is 409 g/mol. The van der Waals surface area contributed by atoms with Crippen LogP contribution in [0.15, 0.2) is 18.2 Å². The van der Waals surface area contributed by atoms with Crippen molar-refractivity contribution in [2.24, 2.45) is 23.2 Å². The molecule has 5 rings (SSSR count). The molecule has 4 saturated carbocycles. The lowest BCUT2D eigenvalue weighted by atomic mass is 9.49. The third-order valence-corrected chi connectivity index (χ3v) is 6.83. The summed E-state index contributed by atoms with van der Waals surface area (Å²) in [6.45, 7) is 2.07. The van der Waals surface area contributed by atoms with Crippen LogP contribution < -0.4 is 5.32 Å². The van der Waals surface area contributed by atoms with Gasteiger partial charge in [-0.15, -0.1) is 0 Å². The third kappa shape index (κ3) is 2.81. The zero-order valence-corrected chi connectivity index (χ0v) is 15.4. The molecule has 3 heteroatoms. The molecule has 4 fully saturated rings. The molecule has 0 saturated heterocycles. The predicted molar refractivity (Wildman–Crippen MR) is 97.7 cm³/mol. The van der Waals surface area contributed by atoms with Gasteiger partial charge in [0.2, 0.25) is 5.91 Å². The normalized spacial score (nSPS) is 35.6. The van der Waals surface area contributed by atoms with Crippen LogP contribution in [-0.4, -0.2) is 5.91 Å². The summed E-state index contributed by atoms with van der Waals surface area (Å²) in [6, 6.07) is 6.23. The minimum atomic E-state index is 0.228. The maximum Gasteiger partial charge on any atom is 0.224 e. The van der Waals surface area contributed by atoms with Gasteiger partial charge in [0.1, 0.15) is 0 Å². The van der Waals surface area contributed by atoms with Crippen molar-refractivity contribution in [2.75, 3.05) is 5.32 Å². The zero-order valence-electron chi connectivity index (χ0n) is 13.2. The van der Waals surface area contributed by atoms with E-state index in [1.54, 1.807) is 0 Å². The van der Waals surface area contributed by atoms with Gasteiger partial charge in [0, 0.05) is 15.7 Å². The molecule has 4 aliphatic carbocycles. The van der Waals surface area contributed by atoms with E-state index in [1.165, 1.54) is 42.1 Å². The SMILES string of the molecule is Cc1cc(I)ccc1NC(=O)CC12CC3CC(CC(C3)C1)C2. The van der Waals surface area contributed by atoms with Crippen LogP contribution in [0.25, 0.3) is 0 Å². The molecular weight excluding hydrogens is 385 g/mol. The summed E-state index contributed by atoms with van der Waals surface area (Å²) in [5.41, 5.74) is 2.47. The van der Waals surface area contributed by atoms with E-state index in [-0.39, 0.29) is 5.91 Å². The largest absolute Gasteiger partial charge is 0.326 e. The lowest BCUT2D eigenvalue weighted by Crippen LogP contribution is -2.47. The molecule has 0 heterocycles. The van der Waals surface area contributed by atoms with Crippen LogP contribution in [0.3, 0.4) is 0 Å². The van der Waals surface area contributed by atoms with Gasteiger partial charge < -0.3 is 5.32 Å². The summed E-state index contributed by atoms with van der Waals surface area (Å²) < 4.78 is 1.22. The molecule has 0 aromatic heterocycles. The summed E-state index contributed by atoms with van der Waals surface area (Å²) in [7, 11) is 0. The Morgan fingerprint density at radius 3 is 2.32 bits per heavy atom. The number of halogens is 1. The third-order valence-electron chi connectivity index (χ3n) is 6.16. The van der Waals surface area contributed by atoms with Gasteiger partial charge in [0.15, 0.2) is 0 Å². The predicted octanol–water partition coefficient (Wildman–Crippen LogP) is 5.14. The van der Waals surface area contributed by atoms with Crippen LogP contribution in [0.2, 0.25) is 0 Å². The first kappa shape index (κ1) is 15.0. The number of carbonyl (C=O) groups is 1. The molecule has 4 aliphatic rings. The first-order valence-corrected chi connectivity index (χ1v) is 9.65. The Labute approximate surface area is 146 Å². The molecule has 2 nitrogen and oxygen atoms in total. The number of amides is 1. The highest BCUT2D eigenvalue weighted by Crippen LogP contribution is 2.61. The van der Waals surface area contributed by atoms with Gasteiger partial charge >= 0.3 is 0 Å². The molecular formula is C19H24INO. The fourth-order valence-electron chi connectivity index (χ4n) is 5.81. The Balaban J connectivity index is 1.46. The monoisotopic (exact) mass is 409 g/mol. The fourth-order valence-corrected chi connectivity index (χ4v) is 6.46. The van der Waals surface area contributed by atoms with Crippen LogP contribution in [0.4, 0.5) is 5.69 Å². The van der Waals surface area contributed by atoms with E-state index in [0.717, 1.165) is 35.4 Å². The van der Waals surface area contributed by atoms with Crippen LogP contribution in [0.5, 0.6) is 0 Å². The number of anilines is 1. The number of aryl methyl sites for hydroxylation is 1. The van der Waals surface area contributed by atoms with E-state index in [0.29, 0.717) is 5.41 Å². The Hall–Kier alpha value is -0.580. The molecule has 0 aliphatic heterocycles. The molecule has 1 aromatic rings. The standard InChI is InChI=1S/C19H24INO/c1-12-4-16(20)2-3-17(12)21-18(22)11-19-8-13-5-14(9-19)7-15(6-13)10-19/h2-4,13-15H,5-11H2,1H3,(H,21,22). The molecule has 0 radical (unpaired) electrons. The molecule has 0 unspecified atom stereocenters. The lowest BCUT2D eigenvalue weighted by Gasteiger charge is -2.56. The number of benzene rings is 1. The van der Waals surface area contributed by atoms with Crippen molar-refractivity contribution < 1.29 is 4.79 Å². The summed E-state index contributed by atoms with van der Waals surface area (Å²) in [5, 5.41) is 3.17. The second-order valence-corrected chi connectivity index (χ2v) is 9.35. The minimum Gasteiger partial charge on any atom is -0.326 e. The van der Waals surface area contributed by atoms with Crippen LogP contribution in [0, 0.1) is 33.7 Å². The van der Waals surface area contributed by atoms with E-state index in [4.69, 9.17) is 0 Å². The zero-order chi connectivity index (χ0) is 15.3. The van der Waals surface area contributed by atoms with Gasteiger partial charge in [-0.05, 0) is 115 Å². The van der Waals surface area contributed by atoms with Crippen molar-refractivity contribution in [1.29, 1.82) is 0 Å². The Morgan fingerprint density at radius 2 is 1.77 bits per heavy atom. The quantitative estimate of drug-likeness (QED) is 0.688. The number of rotatable bonds is 3. The van der Waals surface area contributed by atoms with Gasteiger partial charge in [-0.1, -0.05) is 0 Å². The fraction of sp³-hybridized carbons (Fsp3) is 0.632. The highest BCUT2D eigenvalue weighted by Gasteiger charge is 2.51. The summed E-state index contributed by atoms with van der Waals surface area (Å²) >= 11 is 2.31. The van der Waals surface area contributed by atoms with Crippen LogP contribution >= 0.6 is 22.6 Å². The van der Waals surface area contributed by atoms with Crippen LogP contribution in [-0.2, 0) is 4.79 Å². The molecule has 0 spiro atoms. The number of hydrogen-bond acceptors (Lipinski definition) is 1. The molecule has 1 amide bonds. The van der Waals surface area contributed by atoms with Crippen LogP contribution in [0.1, 0.15) is 50.5 Å². The van der Waals surface area contributed by atoms with E-state index in [2.05, 4.69) is 47.0 Å². The number of carbonyl (C=O) groups excluding carboxylic acids is 1.